The van der Waals surface area contributed by atoms with Gasteiger partial charge in [-0.1, -0.05) is 142 Å². The van der Waals surface area contributed by atoms with Crippen molar-refractivity contribution in [1.29, 1.82) is 0 Å². The Labute approximate surface area is 427 Å². The predicted octanol–water partition coefficient (Wildman–Crippen LogP) is 12.0. The fraction of sp³-hybridized carbons (Fsp3) is 0.885. The van der Waals surface area contributed by atoms with Crippen LogP contribution >= 0.6 is 7.82 Å². The summed E-state index contributed by atoms with van der Waals surface area (Å²) in [7, 11) is -4.99. The molecule has 0 fully saturated rings. The van der Waals surface area contributed by atoms with E-state index < -0.39 is 106 Å². The van der Waals surface area contributed by atoms with Crippen LogP contribution in [0.5, 0.6) is 0 Å². The lowest BCUT2D eigenvalue weighted by atomic mass is 10.1. The molecule has 18 nitrogen and oxygen atoms in total. The number of nitrogens with one attached hydrogen (secondary N) is 2. The third kappa shape index (κ3) is 44.9. The molecule has 71 heavy (non-hydrogen) atoms. The minimum absolute atomic E-state index is 0.0982. The Bertz CT molecular complexity index is 1520. The Morgan fingerprint density at radius 2 is 0.761 bits per heavy atom. The summed E-state index contributed by atoms with van der Waals surface area (Å²) in [6.07, 6.45) is 19.9. The van der Waals surface area contributed by atoms with Crippen molar-refractivity contribution in [3.63, 3.8) is 0 Å². The number of unbranched alkanes of at least 4 members (excludes halogenated alkanes) is 20. The number of rotatable bonds is 42. The van der Waals surface area contributed by atoms with Gasteiger partial charge in [0.05, 0.1) is 26.1 Å². The van der Waals surface area contributed by atoms with Crippen molar-refractivity contribution >= 4 is 43.9 Å². The molecule has 0 aromatic heterocycles. The van der Waals surface area contributed by atoms with Crippen molar-refractivity contribution in [2.75, 3.05) is 26.4 Å². The molecule has 0 aliphatic heterocycles. The summed E-state index contributed by atoms with van der Waals surface area (Å²) in [5.41, 5.74) is -1.56. The van der Waals surface area contributed by atoms with Crippen molar-refractivity contribution in [3.05, 3.63) is 0 Å². The molecule has 416 valence electrons. The van der Waals surface area contributed by atoms with Gasteiger partial charge in [-0.15, -0.1) is 0 Å². The van der Waals surface area contributed by atoms with E-state index in [1.54, 1.807) is 48.5 Å². The SMILES string of the molecule is CCCCCCCCCCCCCC(=O)OC[C@H](COP(=O)(O)OCC(COC(=O)C[C@@H](C)NC(=O)OC(C)(C)C)OC(=O)C[C@@H](C)NC(=O)OC(C)(C)C)OC(=O)CCCCCCCCCCCCC. The summed E-state index contributed by atoms with van der Waals surface area (Å²) in [6.45, 7) is 15.0. The van der Waals surface area contributed by atoms with Gasteiger partial charge in [0.25, 0.3) is 0 Å². The zero-order valence-electron chi connectivity index (χ0n) is 45.5. The van der Waals surface area contributed by atoms with E-state index in [0.717, 1.165) is 44.9 Å². The van der Waals surface area contributed by atoms with E-state index in [9.17, 15) is 38.2 Å². The zero-order chi connectivity index (χ0) is 53.6. The van der Waals surface area contributed by atoms with Gasteiger partial charge >= 0.3 is 43.9 Å². The van der Waals surface area contributed by atoms with Crippen LogP contribution in [0.3, 0.4) is 0 Å². The number of hydrogen-bond acceptors (Lipinski definition) is 15. The van der Waals surface area contributed by atoms with Crippen molar-refractivity contribution < 1.29 is 75.7 Å². The fourth-order valence-corrected chi connectivity index (χ4v) is 7.88. The topological polar surface area (TPSA) is 238 Å². The Kier molecular flexibility index (Phi) is 38.0. The van der Waals surface area contributed by atoms with Gasteiger partial charge in [-0.25, -0.2) is 14.2 Å². The molecule has 0 aliphatic rings. The van der Waals surface area contributed by atoms with E-state index in [4.69, 9.17) is 37.5 Å². The third-order valence-electron chi connectivity index (χ3n) is 10.7. The van der Waals surface area contributed by atoms with Gasteiger partial charge < -0.3 is 43.9 Å². The number of esters is 4. The maximum absolute atomic E-state index is 13.2. The van der Waals surface area contributed by atoms with E-state index in [2.05, 4.69) is 24.5 Å². The number of alkyl carbamates (subject to hydrolysis) is 2. The molecular formula is C52H97N2O16P. The number of carbonyl (C=O) groups excluding carboxylic acids is 6. The summed E-state index contributed by atoms with van der Waals surface area (Å²) < 4.78 is 55.9. The van der Waals surface area contributed by atoms with Crippen LogP contribution in [0.25, 0.3) is 0 Å². The maximum Gasteiger partial charge on any atom is 0.472 e. The predicted molar refractivity (Wildman–Crippen MR) is 272 cm³/mol. The van der Waals surface area contributed by atoms with E-state index in [-0.39, 0.29) is 25.7 Å². The summed E-state index contributed by atoms with van der Waals surface area (Å²) >= 11 is 0. The normalized spacial score (nSPS) is 14.2. The summed E-state index contributed by atoms with van der Waals surface area (Å²) in [4.78, 5) is 86.6. The number of phosphoric ester groups is 1. The minimum atomic E-state index is -4.99. The monoisotopic (exact) mass is 1040 g/mol. The molecule has 0 bridgehead atoms. The first kappa shape index (κ1) is 67.5. The van der Waals surface area contributed by atoms with Crippen molar-refractivity contribution in [2.24, 2.45) is 0 Å². The molecule has 0 heterocycles. The molecule has 19 heteroatoms. The van der Waals surface area contributed by atoms with Gasteiger partial charge in [0, 0.05) is 24.9 Å². The van der Waals surface area contributed by atoms with Crippen LogP contribution in [0.1, 0.15) is 236 Å². The average molecular weight is 1040 g/mol. The highest BCUT2D eigenvalue weighted by atomic mass is 31.2. The van der Waals surface area contributed by atoms with Crippen molar-refractivity contribution in [2.45, 2.75) is 272 Å². The molecule has 5 atom stereocenters. The van der Waals surface area contributed by atoms with Crippen LogP contribution in [0.2, 0.25) is 0 Å². The second-order valence-corrected chi connectivity index (χ2v) is 22.2. The third-order valence-corrected chi connectivity index (χ3v) is 11.7. The van der Waals surface area contributed by atoms with Crippen molar-refractivity contribution in [1.82, 2.24) is 10.6 Å². The summed E-state index contributed by atoms with van der Waals surface area (Å²) in [5.74, 6) is -2.77. The highest BCUT2D eigenvalue weighted by Gasteiger charge is 2.30. The molecule has 0 spiro atoms. The van der Waals surface area contributed by atoms with Gasteiger partial charge in [0.15, 0.2) is 12.2 Å². The van der Waals surface area contributed by atoms with Crippen LogP contribution < -0.4 is 10.6 Å². The summed E-state index contributed by atoms with van der Waals surface area (Å²) in [6, 6.07) is -1.48. The number of amides is 2. The maximum atomic E-state index is 13.2. The van der Waals surface area contributed by atoms with Gasteiger partial charge in [-0.05, 0) is 68.2 Å². The van der Waals surface area contributed by atoms with Crippen LogP contribution in [0.15, 0.2) is 0 Å². The highest BCUT2D eigenvalue weighted by molar-refractivity contribution is 7.47. The molecule has 2 unspecified atom stereocenters. The smallest absolute Gasteiger partial charge is 0.462 e. The molecule has 0 rings (SSSR count). The van der Waals surface area contributed by atoms with E-state index in [0.29, 0.717) is 12.8 Å². The highest BCUT2D eigenvalue weighted by Crippen LogP contribution is 2.43. The second-order valence-electron chi connectivity index (χ2n) is 20.7. The van der Waals surface area contributed by atoms with E-state index in [1.807, 2.05) is 0 Å². The molecular weight excluding hydrogens is 940 g/mol. The molecule has 3 N–H and O–H groups in total. The standard InChI is InChI=1S/C52H97N2O16P/c1-11-13-15-17-19-21-23-25-27-29-31-33-45(55)63-37-43(67-46(56)34-32-30-28-26-24-22-20-18-16-14-12-2)39-65-71(61,62)66-40-44(68-48(58)36-42(4)54-50(60)70-52(8,9)10)38-64-47(57)35-41(3)53-49(59)69-51(5,6)7/h41-44H,11-40H2,1-10H3,(H,53,59)(H,54,60)(H,61,62)/t41-,42-,43-,44?/m1/s1. The minimum Gasteiger partial charge on any atom is -0.462 e. The fourth-order valence-electron chi connectivity index (χ4n) is 7.09. The molecule has 0 saturated carbocycles. The summed E-state index contributed by atoms with van der Waals surface area (Å²) in [5, 5.41) is 5.04. The number of hydrogen-bond donors (Lipinski definition) is 3. The van der Waals surface area contributed by atoms with Crippen LogP contribution in [0.4, 0.5) is 9.59 Å². The lowest BCUT2D eigenvalue weighted by molar-refractivity contribution is -0.162. The Morgan fingerprint density at radius 1 is 0.451 bits per heavy atom. The Balaban J connectivity index is 5.59. The lowest BCUT2D eigenvalue weighted by Crippen LogP contribution is -2.40. The molecule has 0 radical (unpaired) electrons. The number of carbonyl (C=O) groups is 6. The molecule has 2 amide bonds. The van der Waals surface area contributed by atoms with Crippen molar-refractivity contribution in [3.8, 4) is 0 Å². The number of ether oxygens (including phenoxy) is 6. The van der Waals surface area contributed by atoms with Gasteiger partial charge in [0.1, 0.15) is 24.4 Å². The first-order chi connectivity index (χ1) is 33.4. The first-order valence-corrected chi connectivity index (χ1v) is 28.2. The zero-order valence-corrected chi connectivity index (χ0v) is 46.4. The molecule has 0 saturated heterocycles. The van der Waals surface area contributed by atoms with E-state index >= 15 is 0 Å². The first-order valence-electron chi connectivity index (χ1n) is 26.7. The molecule has 0 aromatic rings. The van der Waals surface area contributed by atoms with Gasteiger partial charge in [0.2, 0.25) is 0 Å². The lowest BCUT2D eigenvalue weighted by Gasteiger charge is -2.23. The molecule has 0 aliphatic carbocycles. The van der Waals surface area contributed by atoms with Gasteiger partial charge in [-0.2, -0.15) is 0 Å². The van der Waals surface area contributed by atoms with Crippen LogP contribution in [-0.4, -0.2) is 103 Å². The Hall–Kier alpha value is -3.47. The quantitative estimate of drug-likeness (QED) is 0.0223. The van der Waals surface area contributed by atoms with Gasteiger partial charge in [-0.3, -0.25) is 28.2 Å². The van der Waals surface area contributed by atoms with Crippen LogP contribution in [0, 0.1) is 0 Å². The molecule has 0 aromatic carbocycles. The van der Waals surface area contributed by atoms with E-state index in [1.165, 1.54) is 90.4 Å². The van der Waals surface area contributed by atoms with Crippen LogP contribution in [-0.2, 0) is 61.2 Å². The average Bonchev–Trinajstić information content (AvgIpc) is 3.25. The second kappa shape index (κ2) is 40.0. The Morgan fingerprint density at radius 3 is 1.13 bits per heavy atom. The number of phosphoric acid groups is 1. The largest absolute Gasteiger partial charge is 0.472 e.